The van der Waals surface area contributed by atoms with Gasteiger partial charge in [0.15, 0.2) is 0 Å². The molecule has 0 radical (unpaired) electrons. The molecule has 1 atom stereocenters. The van der Waals surface area contributed by atoms with Gasteiger partial charge in [-0.15, -0.1) is 0 Å². The Morgan fingerprint density at radius 2 is 2.00 bits per heavy atom. The second-order valence-corrected chi connectivity index (χ2v) is 7.32. The Balaban J connectivity index is 1.75. The summed E-state index contributed by atoms with van der Waals surface area (Å²) in [4.78, 5) is 14.5. The smallest absolute Gasteiger partial charge is 0.246 e. The average Bonchev–Trinajstić information content (AvgIpc) is 3.15. The van der Waals surface area contributed by atoms with Crippen molar-refractivity contribution in [2.24, 2.45) is 0 Å². The molecule has 2 aromatic rings. The minimum atomic E-state index is -0.309. The molecule has 1 heterocycles. The van der Waals surface area contributed by atoms with Gasteiger partial charge in [-0.05, 0) is 54.3 Å². The molecule has 1 unspecified atom stereocenters. The Morgan fingerprint density at radius 3 is 2.67 bits per heavy atom. The molecule has 0 saturated carbocycles. The zero-order valence-electron chi connectivity index (χ0n) is 14.7. The summed E-state index contributed by atoms with van der Waals surface area (Å²) in [6.07, 6.45) is 5.12. The van der Waals surface area contributed by atoms with Crippen LogP contribution in [0.4, 0.5) is 4.39 Å². The molecular formula is C21H20Cl2FNO2. The monoisotopic (exact) mass is 407 g/mol. The van der Waals surface area contributed by atoms with Crippen LogP contribution < -0.4 is 0 Å². The van der Waals surface area contributed by atoms with Gasteiger partial charge in [0.25, 0.3) is 0 Å². The van der Waals surface area contributed by atoms with Gasteiger partial charge in [-0.3, -0.25) is 4.79 Å². The van der Waals surface area contributed by atoms with Crippen molar-refractivity contribution >= 4 is 35.2 Å². The first-order valence-corrected chi connectivity index (χ1v) is 9.55. The maximum atomic E-state index is 13.0. The third-order valence-electron chi connectivity index (χ3n) is 4.42. The first-order chi connectivity index (χ1) is 13.0. The molecule has 1 aliphatic rings. The topological polar surface area (TPSA) is 29.5 Å². The zero-order chi connectivity index (χ0) is 19.2. The lowest BCUT2D eigenvalue weighted by Gasteiger charge is -2.25. The van der Waals surface area contributed by atoms with Crippen molar-refractivity contribution in [3.05, 3.63) is 75.5 Å². The van der Waals surface area contributed by atoms with E-state index in [-0.39, 0.29) is 17.8 Å². The molecule has 142 valence electrons. The van der Waals surface area contributed by atoms with Crippen LogP contribution in [0.5, 0.6) is 0 Å². The second kappa shape index (κ2) is 9.36. The molecule has 2 aromatic carbocycles. The number of carbonyl (C=O) groups excluding carboxylic acids is 1. The Bertz CT molecular complexity index is 817. The van der Waals surface area contributed by atoms with Crippen LogP contribution in [0.1, 0.15) is 24.0 Å². The van der Waals surface area contributed by atoms with Gasteiger partial charge in [-0.25, -0.2) is 4.39 Å². The third kappa shape index (κ3) is 5.80. The number of nitrogens with zero attached hydrogens (tertiary/aromatic N) is 1. The largest absolute Gasteiger partial charge is 0.376 e. The summed E-state index contributed by atoms with van der Waals surface area (Å²) in [5.74, 6) is -0.461. The summed E-state index contributed by atoms with van der Waals surface area (Å²) in [6.45, 7) is 1.58. The molecule has 0 aromatic heterocycles. The van der Waals surface area contributed by atoms with Gasteiger partial charge in [0, 0.05) is 35.8 Å². The van der Waals surface area contributed by atoms with E-state index in [1.807, 2.05) is 6.07 Å². The summed E-state index contributed by atoms with van der Waals surface area (Å²) < 4.78 is 18.7. The van der Waals surface area contributed by atoms with E-state index in [1.54, 1.807) is 35.2 Å². The fraction of sp³-hybridized carbons (Fsp3) is 0.286. The van der Waals surface area contributed by atoms with Gasteiger partial charge in [0.1, 0.15) is 5.82 Å². The standard InChI is InChI=1S/C21H20Cl2FNO2/c22-17-7-6-16(20(23)12-17)13-25(14-19-2-1-11-27-19)21(26)10-5-15-3-8-18(24)9-4-15/h3-10,12,19H,1-2,11,13-14H2. The van der Waals surface area contributed by atoms with Crippen LogP contribution in [0.25, 0.3) is 6.08 Å². The van der Waals surface area contributed by atoms with Crippen LogP contribution in [0, 0.1) is 5.82 Å². The Kier molecular flexibility index (Phi) is 6.89. The first-order valence-electron chi connectivity index (χ1n) is 8.79. The van der Waals surface area contributed by atoms with E-state index in [2.05, 4.69) is 0 Å². The molecule has 0 spiro atoms. The lowest BCUT2D eigenvalue weighted by molar-refractivity contribution is -0.128. The highest BCUT2D eigenvalue weighted by Crippen LogP contribution is 2.23. The highest BCUT2D eigenvalue weighted by atomic mass is 35.5. The molecule has 1 saturated heterocycles. The first kappa shape index (κ1) is 19.9. The molecule has 1 amide bonds. The SMILES string of the molecule is O=C(C=Cc1ccc(F)cc1)N(Cc1ccc(Cl)cc1Cl)CC1CCCO1. The molecular weight excluding hydrogens is 388 g/mol. The van der Waals surface area contributed by atoms with Gasteiger partial charge in [-0.1, -0.05) is 41.4 Å². The van der Waals surface area contributed by atoms with Crippen molar-refractivity contribution in [2.75, 3.05) is 13.2 Å². The van der Waals surface area contributed by atoms with Crippen molar-refractivity contribution in [1.82, 2.24) is 4.90 Å². The van der Waals surface area contributed by atoms with Gasteiger partial charge < -0.3 is 9.64 Å². The van der Waals surface area contributed by atoms with Crippen molar-refractivity contribution in [3.63, 3.8) is 0 Å². The molecule has 6 heteroatoms. The molecule has 1 fully saturated rings. The normalized spacial score (nSPS) is 16.8. The van der Waals surface area contributed by atoms with Crippen LogP contribution >= 0.6 is 23.2 Å². The number of hydrogen-bond donors (Lipinski definition) is 0. The summed E-state index contributed by atoms with van der Waals surface area (Å²) in [5, 5.41) is 1.08. The number of rotatable bonds is 6. The summed E-state index contributed by atoms with van der Waals surface area (Å²) >= 11 is 12.2. The van der Waals surface area contributed by atoms with Gasteiger partial charge in [0.2, 0.25) is 5.91 Å². The van der Waals surface area contributed by atoms with E-state index in [4.69, 9.17) is 27.9 Å². The van der Waals surface area contributed by atoms with Gasteiger partial charge in [-0.2, -0.15) is 0 Å². The fourth-order valence-corrected chi connectivity index (χ4v) is 3.44. The molecule has 0 aliphatic carbocycles. The molecule has 3 nitrogen and oxygen atoms in total. The van der Waals surface area contributed by atoms with Crippen LogP contribution in [0.15, 0.2) is 48.5 Å². The number of benzene rings is 2. The third-order valence-corrected chi connectivity index (χ3v) is 5.01. The second-order valence-electron chi connectivity index (χ2n) is 6.47. The lowest BCUT2D eigenvalue weighted by Crippen LogP contribution is -2.36. The summed E-state index contributed by atoms with van der Waals surface area (Å²) in [6, 6.07) is 11.2. The van der Waals surface area contributed by atoms with Gasteiger partial charge in [0.05, 0.1) is 6.10 Å². The van der Waals surface area contributed by atoms with Crippen molar-refractivity contribution in [2.45, 2.75) is 25.5 Å². The van der Waals surface area contributed by atoms with Gasteiger partial charge >= 0.3 is 0 Å². The fourth-order valence-electron chi connectivity index (χ4n) is 2.97. The minimum absolute atomic E-state index is 0.0271. The van der Waals surface area contributed by atoms with E-state index in [0.717, 1.165) is 30.6 Å². The van der Waals surface area contributed by atoms with E-state index >= 15 is 0 Å². The van der Waals surface area contributed by atoms with Crippen LogP contribution in [0.3, 0.4) is 0 Å². The highest BCUT2D eigenvalue weighted by Gasteiger charge is 2.22. The predicted octanol–water partition coefficient (Wildman–Crippen LogP) is 5.35. The van der Waals surface area contributed by atoms with Crippen LogP contribution in [-0.2, 0) is 16.1 Å². The number of carbonyl (C=O) groups is 1. The number of amides is 1. The van der Waals surface area contributed by atoms with Crippen LogP contribution in [-0.4, -0.2) is 30.1 Å². The van der Waals surface area contributed by atoms with Crippen molar-refractivity contribution in [3.8, 4) is 0 Å². The molecule has 1 aliphatic heterocycles. The van der Waals surface area contributed by atoms with Crippen molar-refractivity contribution < 1.29 is 13.9 Å². The number of hydrogen-bond acceptors (Lipinski definition) is 2. The van der Waals surface area contributed by atoms with Crippen molar-refractivity contribution in [1.29, 1.82) is 0 Å². The average molecular weight is 408 g/mol. The highest BCUT2D eigenvalue weighted by molar-refractivity contribution is 6.35. The van der Waals surface area contributed by atoms with E-state index in [9.17, 15) is 9.18 Å². The predicted molar refractivity (Wildman–Crippen MR) is 106 cm³/mol. The Labute approximate surface area is 168 Å². The Morgan fingerprint density at radius 1 is 1.22 bits per heavy atom. The minimum Gasteiger partial charge on any atom is -0.376 e. The van der Waals surface area contributed by atoms with E-state index in [1.165, 1.54) is 18.2 Å². The van der Waals surface area contributed by atoms with E-state index in [0.29, 0.717) is 23.1 Å². The summed E-state index contributed by atoms with van der Waals surface area (Å²) in [7, 11) is 0. The summed E-state index contributed by atoms with van der Waals surface area (Å²) in [5.41, 5.74) is 1.58. The number of ether oxygens (including phenoxy) is 1. The molecule has 0 bridgehead atoms. The van der Waals surface area contributed by atoms with E-state index < -0.39 is 0 Å². The molecule has 27 heavy (non-hydrogen) atoms. The molecule has 0 N–H and O–H groups in total. The quantitative estimate of drug-likeness (QED) is 0.603. The van der Waals surface area contributed by atoms with Crippen LogP contribution in [0.2, 0.25) is 10.0 Å². The molecule has 3 rings (SSSR count). The maximum Gasteiger partial charge on any atom is 0.246 e. The number of halogens is 3. The maximum absolute atomic E-state index is 13.0. The Hall–Kier alpha value is -1.88. The zero-order valence-corrected chi connectivity index (χ0v) is 16.2. The lowest BCUT2D eigenvalue weighted by atomic mass is 10.1.